The second kappa shape index (κ2) is 7.33. The summed E-state index contributed by atoms with van der Waals surface area (Å²) in [5, 5.41) is 10.8. The van der Waals surface area contributed by atoms with Gasteiger partial charge in [-0.05, 0) is 62.2 Å². The van der Waals surface area contributed by atoms with Crippen LogP contribution in [0.3, 0.4) is 0 Å². The van der Waals surface area contributed by atoms with Crippen molar-refractivity contribution in [3.63, 3.8) is 0 Å². The van der Waals surface area contributed by atoms with E-state index >= 15 is 0 Å². The average Bonchev–Trinajstić information content (AvgIpc) is 3.19. The molecule has 0 unspecified atom stereocenters. The third-order valence-electron chi connectivity index (χ3n) is 2.67. The molecule has 0 aliphatic carbocycles. The Hall–Kier alpha value is -1.58. The lowest BCUT2D eigenvalue weighted by molar-refractivity contribution is -0.113. The molecular weight excluding hydrogens is 450 g/mol. The van der Waals surface area contributed by atoms with Gasteiger partial charge < -0.3 is 14.2 Å². The van der Waals surface area contributed by atoms with Crippen LogP contribution in [0.2, 0.25) is 0 Å². The summed E-state index contributed by atoms with van der Waals surface area (Å²) in [5.74, 6) is 0.776. The number of aromatic nitrogens is 2. The number of furan rings is 1. The average molecular weight is 459 g/mol. The first-order valence-electron chi connectivity index (χ1n) is 6.37. The van der Waals surface area contributed by atoms with Crippen LogP contribution in [0.5, 0.6) is 0 Å². The Balaban J connectivity index is 1.55. The maximum absolute atomic E-state index is 12.0. The van der Waals surface area contributed by atoms with Crippen LogP contribution >= 0.6 is 43.6 Å². The Labute approximate surface area is 152 Å². The first-order valence-corrected chi connectivity index (χ1v) is 8.94. The van der Waals surface area contributed by atoms with Crippen molar-refractivity contribution in [3.8, 4) is 11.7 Å². The van der Waals surface area contributed by atoms with Gasteiger partial charge in [-0.3, -0.25) is 4.79 Å². The van der Waals surface area contributed by atoms with Crippen LogP contribution in [0, 0.1) is 0 Å². The number of anilines is 1. The zero-order chi connectivity index (χ0) is 16.2. The zero-order valence-electron chi connectivity index (χ0n) is 11.5. The summed E-state index contributed by atoms with van der Waals surface area (Å²) in [6, 6.07) is 8.92. The highest BCUT2D eigenvalue weighted by Gasteiger charge is 2.13. The summed E-state index contributed by atoms with van der Waals surface area (Å²) < 4.78 is 12.4. The van der Waals surface area contributed by atoms with E-state index in [2.05, 4.69) is 47.4 Å². The van der Waals surface area contributed by atoms with E-state index in [0.717, 1.165) is 20.7 Å². The van der Waals surface area contributed by atoms with Crippen molar-refractivity contribution < 1.29 is 13.6 Å². The summed E-state index contributed by atoms with van der Waals surface area (Å²) in [6.07, 6.45) is 1.52. The molecule has 0 aliphatic heterocycles. The maximum atomic E-state index is 12.0. The molecule has 23 heavy (non-hydrogen) atoms. The zero-order valence-corrected chi connectivity index (χ0v) is 15.4. The fourth-order valence-corrected chi connectivity index (χ4v) is 2.85. The van der Waals surface area contributed by atoms with Crippen LogP contribution in [0.4, 0.5) is 5.69 Å². The van der Waals surface area contributed by atoms with Crippen molar-refractivity contribution in [1.29, 1.82) is 0 Å². The molecule has 3 rings (SSSR count). The van der Waals surface area contributed by atoms with Crippen molar-refractivity contribution >= 4 is 55.2 Å². The Morgan fingerprint density at radius 3 is 2.83 bits per heavy atom. The Kier molecular flexibility index (Phi) is 5.19. The van der Waals surface area contributed by atoms with E-state index in [1.807, 2.05) is 12.1 Å². The highest BCUT2D eigenvalue weighted by molar-refractivity contribution is 9.13. The smallest absolute Gasteiger partial charge is 0.284 e. The van der Waals surface area contributed by atoms with E-state index in [9.17, 15) is 4.79 Å². The van der Waals surface area contributed by atoms with Crippen LogP contribution in [-0.4, -0.2) is 21.9 Å². The van der Waals surface area contributed by atoms with E-state index in [1.165, 1.54) is 6.26 Å². The number of hydrogen-bond donors (Lipinski definition) is 1. The molecule has 1 amide bonds. The SMILES string of the molecule is O=C(CSc1nnc(-c2ccco2)o1)Nc1ccc(Br)c(Br)c1. The van der Waals surface area contributed by atoms with Gasteiger partial charge in [0.25, 0.3) is 11.1 Å². The minimum atomic E-state index is -0.165. The third kappa shape index (κ3) is 4.24. The van der Waals surface area contributed by atoms with Crippen molar-refractivity contribution in [1.82, 2.24) is 10.2 Å². The van der Waals surface area contributed by atoms with Crippen LogP contribution in [-0.2, 0) is 4.79 Å². The molecule has 6 nitrogen and oxygen atoms in total. The topological polar surface area (TPSA) is 81.2 Å². The molecule has 1 N–H and O–H groups in total. The first-order chi connectivity index (χ1) is 11.1. The number of rotatable bonds is 5. The van der Waals surface area contributed by atoms with Crippen molar-refractivity contribution in [2.45, 2.75) is 5.22 Å². The predicted octanol–water partition coefficient (Wildman–Crippen LogP) is 4.59. The predicted molar refractivity (Wildman–Crippen MR) is 93.2 cm³/mol. The molecule has 0 aliphatic rings. The largest absolute Gasteiger partial charge is 0.459 e. The van der Waals surface area contributed by atoms with Crippen LogP contribution in [0.25, 0.3) is 11.7 Å². The van der Waals surface area contributed by atoms with Gasteiger partial charge in [-0.2, -0.15) is 0 Å². The van der Waals surface area contributed by atoms with E-state index < -0.39 is 0 Å². The maximum Gasteiger partial charge on any atom is 0.284 e. The lowest BCUT2D eigenvalue weighted by atomic mass is 10.3. The minimum absolute atomic E-state index is 0.160. The van der Waals surface area contributed by atoms with E-state index in [0.29, 0.717) is 16.7 Å². The fraction of sp³-hybridized carbons (Fsp3) is 0.0714. The molecule has 3 aromatic rings. The number of nitrogens with zero attached hydrogens (tertiary/aromatic N) is 2. The molecule has 9 heteroatoms. The molecule has 0 radical (unpaired) electrons. The molecule has 0 bridgehead atoms. The summed E-state index contributed by atoms with van der Waals surface area (Å²) in [7, 11) is 0. The van der Waals surface area contributed by atoms with Gasteiger partial charge in [-0.1, -0.05) is 11.8 Å². The van der Waals surface area contributed by atoms with Gasteiger partial charge >= 0.3 is 0 Å². The highest BCUT2D eigenvalue weighted by Crippen LogP contribution is 2.27. The molecule has 2 aromatic heterocycles. The number of nitrogens with one attached hydrogen (secondary N) is 1. The van der Waals surface area contributed by atoms with Gasteiger partial charge in [0.05, 0.1) is 12.0 Å². The number of amides is 1. The quantitative estimate of drug-likeness (QED) is 0.563. The number of halogens is 2. The van der Waals surface area contributed by atoms with Crippen LogP contribution in [0.15, 0.2) is 59.6 Å². The summed E-state index contributed by atoms with van der Waals surface area (Å²) in [4.78, 5) is 12.0. The van der Waals surface area contributed by atoms with Crippen molar-refractivity contribution in [2.24, 2.45) is 0 Å². The van der Waals surface area contributed by atoms with Gasteiger partial charge in [0.15, 0.2) is 5.76 Å². The second-order valence-electron chi connectivity index (χ2n) is 4.32. The molecule has 118 valence electrons. The monoisotopic (exact) mass is 457 g/mol. The Morgan fingerprint density at radius 1 is 1.22 bits per heavy atom. The van der Waals surface area contributed by atoms with Gasteiger partial charge in [0.2, 0.25) is 5.91 Å². The van der Waals surface area contributed by atoms with E-state index in [1.54, 1.807) is 18.2 Å². The number of carbonyl (C=O) groups is 1. The summed E-state index contributed by atoms with van der Waals surface area (Å²) in [6.45, 7) is 0. The molecule has 2 heterocycles. The normalized spacial score (nSPS) is 10.7. The Morgan fingerprint density at radius 2 is 2.09 bits per heavy atom. The number of thioether (sulfide) groups is 1. The molecule has 0 spiro atoms. The molecule has 0 saturated heterocycles. The fourth-order valence-electron chi connectivity index (χ4n) is 1.67. The molecule has 0 atom stereocenters. The van der Waals surface area contributed by atoms with Gasteiger partial charge in [0, 0.05) is 14.6 Å². The third-order valence-corrected chi connectivity index (χ3v) is 5.37. The highest BCUT2D eigenvalue weighted by atomic mass is 79.9. The van der Waals surface area contributed by atoms with Crippen molar-refractivity contribution in [2.75, 3.05) is 11.1 Å². The molecular formula is C14H9Br2N3O3S. The lowest BCUT2D eigenvalue weighted by Crippen LogP contribution is -2.13. The molecule has 0 fully saturated rings. The number of benzene rings is 1. The van der Waals surface area contributed by atoms with Crippen LogP contribution < -0.4 is 5.32 Å². The van der Waals surface area contributed by atoms with Gasteiger partial charge in [-0.25, -0.2) is 0 Å². The second-order valence-corrected chi connectivity index (χ2v) is 6.95. The Bertz CT molecular complexity index is 821. The minimum Gasteiger partial charge on any atom is -0.459 e. The summed E-state index contributed by atoms with van der Waals surface area (Å²) >= 11 is 7.92. The van der Waals surface area contributed by atoms with Crippen LogP contribution in [0.1, 0.15) is 0 Å². The van der Waals surface area contributed by atoms with Gasteiger partial charge in [0.1, 0.15) is 0 Å². The summed E-state index contributed by atoms with van der Waals surface area (Å²) in [5.41, 5.74) is 0.701. The number of hydrogen-bond acceptors (Lipinski definition) is 6. The first kappa shape index (κ1) is 16.3. The van der Waals surface area contributed by atoms with E-state index in [-0.39, 0.29) is 17.6 Å². The molecule has 0 saturated carbocycles. The van der Waals surface area contributed by atoms with E-state index in [4.69, 9.17) is 8.83 Å². The number of carbonyl (C=O) groups excluding carboxylic acids is 1. The lowest BCUT2D eigenvalue weighted by Gasteiger charge is -2.05. The standard InChI is InChI=1S/C14H9Br2N3O3S/c15-9-4-3-8(6-10(9)16)17-12(20)7-23-14-19-18-13(22-14)11-2-1-5-21-11/h1-6H,7H2,(H,17,20). The molecule has 1 aromatic carbocycles. The van der Waals surface area contributed by atoms with Crippen molar-refractivity contribution in [3.05, 3.63) is 45.5 Å². The van der Waals surface area contributed by atoms with Gasteiger partial charge in [-0.15, -0.1) is 10.2 Å².